The summed E-state index contributed by atoms with van der Waals surface area (Å²) in [5.41, 5.74) is 5.05. The lowest BCUT2D eigenvalue weighted by atomic mass is 9.95. The number of carbonyl (C=O) groups is 1. The highest BCUT2D eigenvalue weighted by Gasteiger charge is 2.27. The molecule has 3 N–H and O–H groups in total. The molecule has 0 radical (unpaired) electrons. The first-order chi connectivity index (χ1) is 18.2. The van der Waals surface area contributed by atoms with Crippen molar-refractivity contribution in [1.82, 2.24) is 10.2 Å². The van der Waals surface area contributed by atoms with E-state index >= 15 is 0 Å². The standard InChI is InChI=1S/C29H28N6O2/c36-27-26(32-25(19-9-3-1-4-10-19)23-13-7-8-14-24(23)31-27)33-29-35-34-28(37-29)20-15-17-22(18-16-20)30-21-11-5-2-6-12-21/h1,3-4,7-10,13-18,21,26,30H,2,5-6,11-12H2,(H,31,36)(H,33,35). The lowest BCUT2D eigenvalue weighted by Crippen LogP contribution is -2.32. The van der Waals surface area contributed by atoms with Crippen molar-refractivity contribution in [2.75, 3.05) is 16.0 Å². The molecule has 0 spiro atoms. The molecule has 0 bridgehead atoms. The van der Waals surface area contributed by atoms with Gasteiger partial charge in [0.25, 0.3) is 5.91 Å². The first-order valence-electron chi connectivity index (χ1n) is 12.7. The number of carbonyl (C=O) groups excluding carboxylic acids is 1. The van der Waals surface area contributed by atoms with Crippen molar-refractivity contribution < 1.29 is 9.21 Å². The van der Waals surface area contributed by atoms with Crippen LogP contribution >= 0.6 is 0 Å². The first kappa shape index (κ1) is 23.0. The summed E-state index contributed by atoms with van der Waals surface area (Å²) in [5, 5.41) is 17.9. The minimum atomic E-state index is -0.946. The summed E-state index contributed by atoms with van der Waals surface area (Å²) >= 11 is 0. The zero-order valence-electron chi connectivity index (χ0n) is 20.4. The average molecular weight is 493 g/mol. The quantitative estimate of drug-likeness (QED) is 0.319. The molecule has 8 heteroatoms. The molecule has 186 valence electrons. The van der Waals surface area contributed by atoms with Crippen molar-refractivity contribution in [1.29, 1.82) is 0 Å². The molecule has 2 heterocycles. The summed E-state index contributed by atoms with van der Waals surface area (Å²) in [5.74, 6) is 0.0626. The summed E-state index contributed by atoms with van der Waals surface area (Å²) in [4.78, 5) is 17.8. The van der Waals surface area contributed by atoms with Gasteiger partial charge in [0.05, 0.1) is 11.4 Å². The SMILES string of the molecule is O=C1Nc2ccccc2C(c2ccccc2)=NC1Nc1nnc(-c2ccc(NC3CCCCC3)cc2)o1. The minimum absolute atomic E-state index is 0.127. The van der Waals surface area contributed by atoms with Gasteiger partial charge < -0.3 is 20.4 Å². The fourth-order valence-electron chi connectivity index (χ4n) is 4.89. The molecular formula is C29H28N6O2. The van der Waals surface area contributed by atoms with E-state index < -0.39 is 6.17 Å². The number of hydrogen-bond donors (Lipinski definition) is 3. The Balaban J connectivity index is 1.21. The van der Waals surface area contributed by atoms with Crippen molar-refractivity contribution in [3.63, 3.8) is 0 Å². The zero-order valence-corrected chi connectivity index (χ0v) is 20.4. The van der Waals surface area contributed by atoms with Crippen LogP contribution in [0.1, 0.15) is 43.2 Å². The van der Waals surface area contributed by atoms with Crippen LogP contribution < -0.4 is 16.0 Å². The molecular weight excluding hydrogens is 464 g/mol. The molecule has 1 saturated carbocycles. The van der Waals surface area contributed by atoms with Gasteiger partial charge >= 0.3 is 6.01 Å². The maximum atomic E-state index is 13.1. The number of nitrogens with one attached hydrogen (secondary N) is 3. The predicted molar refractivity (Wildman–Crippen MR) is 145 cm³/mol. The van der Waals surface area contributed by atoms with Crippen LogP contribution in [0.15, 0.2) is 88.3 Å². The Morgan fingerprint density at radius 2 is 1.54 bits per heavy atom. The van der Waals surface area contributed by atoms with E-state index in [1.54, 1.807) is 0 Å². The molecule has 8 nitrogen and oxygen atoms in total. The number of amides is 1. The summed E-state index contributed by atoms with van der Waals surface area (Å²) in [6.45, 7) is 0. The van der Waals surface area contributed by atoms with Gasteiger partial charge in [-0.2, -0.15) is 0 Å². The molecule has 1 aliphatic heterocycles. The van der Waals surface area contributed by atoms with E-state index in [-0.39, 0.29) is 11.9 Å². The van der Waals surface area contributed by atoms with E-state index in [9.17, 15) is 4.79 Å². The largest absolute Gasteiger partial charge is 0.403 e. The van der Waals surface area contributed by atoms with Gasteiger partial charge in [0.1, 0.15) is 0 Å². The second-order valence-corrected chi connectivity index (χ2v) is 9.39. The number of fused-ring (bicyclic) bond motifs is 1. The van der Waals surface area contributed by atoms with E-state index in [1.165, 1.54) is 32.1 Å². The van der Waals surface area contributed by atoms with Crippen LogP contribution in [0.5, 0.6) is 0 Å². The molecule has 1 aliphatic carbocycles. The number of anilines is 3. The fourth-order valence-corrected chi connectivity index (χ4v) is 4.89. The third-order valence-electron chi connectivity index (χ3n) is 6.79. The Morgan fingerprint density at radius 1 is 0.784 bits per heavy atom. The van der Waals surface area contributed by atoms with Crippen molar-refractivity contribution >= 4 is 29.0 Å². The van der Waals surface area contributed by atoms with Gasteiger partial charge in [-0.1, -0.05) is 72.9 Å². The van der Waals surface area contributed by atoms with Crippen LogP contribution in [-0.4, -0.2) is 34.0 Å². The minimum Gasteiger partial charge on any atom is -0.403 e. The van der Waals surface area contributed by atoms with Crippen LogP contribution in [0.2, 0.25) is 0 Å². The van der Waals surface area contributed by atoms with Gasteiger partial charge in [-0.3, -0.25) is 4.79 Å². The monoisotopic (exact) mass is 492 g/mol. The van der Waals surface area contributed by atoms with Gasteiger partial charge in [-0.05, 0) is 43.2 Å². The van der Waals surface area contributed by atoms with Crippen molar-refractivity contribution in [2.45, 2.75) is 44.3 Å². The van der Waals surface area contributed by atoms with E-state index in [4.69, 9.17) is 9.41 Å². The van der Waals surface area contributed by atoms with Crippen LogP contribution in [-0.2, 0) is 4.79 Å². The Labute approximate surface area is 215 Å². The molecule has 3 aromatic carbocycles. The Hall–Kier alpha value is -4.46. The average Bonchev–Trinajstić information content (AvgIpc) is 3.36. The second kappa shape index (κ2) is 10.3. The van der Waals surface area contributed by atoms with Gasteiger partial charge in [-0.25, -0.2) is 4.99 Å². The smallest absolute Gasteiger partial charge is 0.317 e. The second-order valence-electron chi connectivity index (χ2n) is 9.39. The normalized spacial score (nSPS) is 17.8. The lowest BCUT2D eigenvalue weighted by molar-refractivity contribution is -0.116. The number of aliphatic imine (C=N–C) groups is 1. The van der Waals surface area contributed by atoms with Crippen molar-refractivity contribution in [3.05, 3.63) is 90.0 Å². The number of nitrogens with zero attached hydrogens (tertiary/aromatic N) is 3. The van der Waals surface area contributed by atoms with Crippen LogP contribution in [0.4, 0.5) is 17.4 Å². The first-order valence-corrected chi connectivity index (χ1v) is 12.7. The maximum Gasteiger partial charge on any atom is 0.317 e. The number of rotatable bonds is 6. The van der Waals surface area contributed by atoms with E-state index in [1.807, 2.05) is 78.9 Å². The Morgan fingerprint density at radius 3 is 2.35 bits per heavy atom. The highest BCUT2D eigenvalue weighted by molar-refractivity contribution is 6.19. The number of hydrogen-bond acceptors (Lipinski definition) is 7. The van der Waals surface area contributed by atoms with Crippen molar-refractivity contribution in [3.8, 4) is 11.5 Å². The molecule has 1 aromatic heterocycles. The van der Waals surface area contributed by atoms with Gasteiger partial charge in [0.15, 0.2) is 0 Å². The fraction of sp³-hybridized carbons (Fsp3) is 0.241. The summed E-state index contributed by atoms with van der Waals surface area (Å²) in [6.07, 6.45) is 5.39. The van der Waals surface area contributed by atoms with Gasteiger partial charge in [0, 0.05) is 28.4 Å². The summed E-state index contributed by atoms with van der Waals surface area (Å²) < 4.78 is 5.87. The molecule has 37 heavy (non-hydrogen) atoms. The van der Waals surface area contributed by atoms with E-state index in [0.717, 1.165) is 22.4 Å². The highest BCUT2D eigenvalue weighted by Crippen LogP contribution is 2.27. The molecule has 2 aliphatic rings. The number of benzene rings is 3. The predicted octanol–water partition coefficient (Wildman–Crippen LogP) is 5.71. The molecule has 4 aromatic rings. The third kappa shape index (κ3) is 5.09. The van der Waals surface area contributed by atoms with Gasteiger partial charge in [-0.15, -0.1) is 5.10 Å². The molecule has 0 saturated heterocycles. The van der Waals surface area contributed by atoms with Crippen molar-refractivity contribution in [2.24, 2.45) is 4.99 Å². The summed E-state index contributed by atoms with van der Waals surface area (Å²) in [6, 6.07) is 26.1. The number of para-hydroxylation sites is 1. The zero-order chi connectivity index (χ0) is 25.0. The Bertz CT molecular complexity index is 1410. The maximum absolute atomic E-state index is 13.1. The van der Waals surface area contributed by atoms with E-state index in [2.05, 4.69) is 26.1 Å². The van der Waals surface area contributed by atoms with Crippen LogP contribution in [0, 0.1) is 0 Å². The van der Waals surface area contributed by atoms with Gasteiger partial charge in [0.2, 0.25) is 12.1 Å². The summed E-state index contributed by atoms with van der Waals surface area (Å²) in [7, 11) is 0. The molecule has 1 fully saturated rings. The number of benzodiazepines with no additional fused rings is 1. The molecule has 1 atom stereocenters. The number of aromatic nitrogens is 2. The van der Waals surface area contributed by atoms with Crippen LogP contribution in [0.25, 0.3) is 11.5 Å². The topological polar surface area (TPSA) is 104 Å². The molecule has 1 unspecified atom stereocenters. The van der Waals surface area contributed by atoms with E-state index in [0.29, 0.717) is 23.3 Å². The molecule has 6 rings (SSSR count). The van der Waals surface area contributed by atoms with Crippen LogP contribution in [0.3, 0.4) is 0 Å². The Kier molecular flexibility index (Phi) is 6.37. The highest BCUT2D eigenvalue weighted by atomic mass is 16.4. The third-order valence-corrected chi connectivity index (χ3v) is 6.79. The molecule has 1 amide bonds. The lowest BCUT2D eigenvalue weighted by Gasteiger charge is -2.23.